The summed E-state index contributed by atoms with van der Waals surface area (Å²) in [7, 11) is 0. The summed E-state index contributed by atoms with van der Waals surface area (Å²) in [6, 6.07) is 13.1. The van der Waals surface area contributed by atoms with Crippen molar-refractivity contribution < 1.29 is 14.7 Å². The third-order valence-corrected chi connectivity index (χ3v) is 3.75. The Morgan fingerprint density at radius 2 is 1.85 bits per heavy atom. The Kier molecular flexibility index (Phi) is 6.32. The number of nitrogens with zero attached hydrogens (tertiary/aromatic N) is 1. The minimum Gasteiger partial charge on any atom is -0.480 e. The summed E-state index contributed by atoms with van der Waals surface area (Å²) in [6.07, 6.45) is 0. The maximum Gasteiger partial charge on any atom is 0.322 e. The Morgan fingerprint density at radius 1 is 1.12 bits per heavy atom. The first-order chi connectivity index (χ1) is 12.4. The maximum absolute atomic E-state index is 12.1. The van der Waals surface area contributed by atoms with Gasteiger partial charge in [0, 0.05) is 12.1 Å². The van der Waals surface area contributed by atoms with Crippen molar-refractivity contribution in [2.45, 2.75) is 20.4 Å². The molecule has 7 heteroatoms. The zero-order valence-electron chi connectivity index (χ0n) is 14.7. The van der Waals surface area contributed by atoms with E-state index in [1.165, 1.54) is 0 Å². The molecular weight excluding hydrogens is 332 g/mol. The molecule has 2 aromatic carbocycles. The van der Waals surface area contributed by atoms with Gasteiger partial charge in [-0.25, -0.2) is 4.99 Å². The van der Waals surface area contributed by atoms with Gasteiger partial charge in [0.05, 0.1) is 5.69 Å². The third-order valence-electron chi connectivity index (χ3n) is 3.75. The minimum absolute atomic E-state index is 0.234. The van der Waals surface area contributed by atoms with Crippen LogP contribution in [0.4, 0.5) is 5.69 Å². The molecule has 2 rings (SSSR count). The van der Waals surface area contributed by atoms with Crippen LogP contribution in [0.3, 0.4) is 0 Å². The van der Waals surface area contributed by atoms with E-state index in [1.54, 1.807) is 25.1 Å². The molecule has 1 amide bonds. The number of guanidine groups is 1. The largest absolute Gasteiger partial charge is 0.480 e. The molecule has 0 atom stereocenters. The van der Waals surface area contributed by atoms with E-state index in [0.717, 1.165) is 11.1 Å². The van der Waals surface area contributed by atoms with Crippen LogP contribution in [-0.4, -0.2) is 29.5 Å². The van der Waals surface area contributed by atoms with Crippen molar-refractivity contribution >= 4 is 23.5 Å². The number of amides is 1. The van der Waals surface area contributed by atoms with E-state index in [4.69, 9.17) is 10.8 Å². The van der Waals surface area contributed by atoms with Gasteiger partial charge < -0.3 is 21.5 Å². The molecule has 0 bridgehead atoms. The molecule has 0 spiro atoms. The number of aryl methyl sites for hydroxylation is 1. The van der Waals surface area contributed by atoms with Gasteiger partial charge in [-0.2, -0.15) is 0 Å². The smallest absolute Gasteiger partial charge is 0.322 e. The lowest BCUT2D eigenvalue weighted by atomic mass is 10.1. The van der Waals surface area contributed by atoms with Crippen LogP contribution < -0.4 is 16.4 Å². The number of carboxylic acids is 1. The number of nitrogens with one attached hydrogen (secondary N) is 2. The Hall–Kier alpha value is -3.35. The number of hydrogen-bond donors (Lipinski definition) is 4. The summed E-state index contributed by atoms with van der Waals surface area (Å²) in [5.41, 5.74) is 9.72. The second-order valence-corrected chi connectivity index (χ2v) is 5.87. The van der Waals surface area contributed by atoms with Gasteiger partial charge in [-0.05, 0) is 37.1 Å². The first-order valence-corrected chi connectivity index (χ1v) is 8.10. The van der Waals surface area contributed by atoms with Crippen LogP contribution in [0.1, 0.15) is 27.0 Å². The molecule has 0 radical (unpaired) electrons. The molecule has 2 aromatic rings. The fourth-order valence-electron chi connectivity index (χ4n) is 2.43. The number of hydrogen-bond acceptors (Lipinski definition) is 3. The maximum atomic E-state index is 12.1. The van der Waals surface area contributed by atoms with Gasteiger partial charge in [0.2, 0.25) is 0 Å². The molecule has 7 nitrogen and oxygen atoms in total. The highest BCUT2D eigenvalue weighted by molar-refractivity contribution is 5.98. The van der Waals surface area contributed by atoms with Crippen molar-refractivity contribution in [1.29, 1.82) is 0 Å². The molecule has 0 heterocycles. The van der Waals surface area contributed by atoms with Crippen molar-refractivity contribution in [3.63, 3.8) is 0 Å². The predicted molar refractivity (Wildman–Crippen MR) is 100 cm³/mol. The van der Waals surface area contributed by atoms with Crippen molar-refractivity contribution in [1.82, 2.24) is 10.6 Å². The summed E-state index contributed by atoms with van der Waals surface area (Å²) in [5, 5.41) is 14.0. The van der Waals surface area contributed by atoms with Crippen molar-refractivity contribution in [3.8, 4) is 0 Å². The predicted octanol–water partition coefficient (Wildman–Crippen LogP) is 1.85. The topological polar surface area (TPSA) is 117 Å². The molecule has 0 aromatic heterocycles. The van der Waals surface area contributed by atoms with E-state index in [0.29, 0.717) is 23.4 Å². The van der Waals surface area contributed by atoms with Crippen LogP contribution in [0.5, 0.6) is 0 Å². The van der Waals surface area contributed by atoms with Crippen LogP contribution in [-0.2, 0) is 11.3 Å². The quantitative estimate of drug-likeness (QED) is 0.467. The molecule has 0 aliphatic rings. The second-order valence-electron chi connectivity index (χ2n) is 5.87. The lowest BCUT2D eigenvalue weighted by molar-refractivity contribution is -0.135. The average molecular weight is 354 g/mol. The molecule has 136 valence electrons. The number of rotatable bonds is 6. The molecular formula is C19H22N4O3. The summed E-state index contributed by atoms with van der Waals surface area (Å²) >= 11 is 0. The van der Waals surface area contributed by atoms with Crippen molar-refractivity contribution in [2.75, 3.05) is 6.54 Å². The third kappa shape index (κ3) is 5.34. The molecule has 0 unspecified atom stereocenters. The lowest BCUT2D eigenvalue weighted by Crippen LogP contribution is -2.31. The average Bonchev–Trinajstić information content (AvgIpc) is 2.60. The van der Waals surface area contributed by atoms with Crippen LogP contribution in [0.2, 0.25) is 0 Å². The van der Waals surface area contributed by atoms with Gasteiger partial charge in [0.25, 0.3) is 5.91 Å². The number of benzene rings is 2. The molecule has 0 aliphatic carbocycles. The number of carbonyl (C=O) groups is 2. The standard InChI is InChI=1S/C19H22N4O3/c1-12-5-3-6-14(9-12)10-22-19(20)23-16-8-4-7-15(13(16)2)18(26)21-11-17(24)25/h3-9H,10-11H2,1-2H3,(H,21,26)(H,24,25)(H3,20,22,23). The van der Waals surface area contributed by atoms with E-state index in [1.807, 2.05) is 25.1 Å². The van der Waals surface area contributed by atoms with Gasteiger partial charge in [0.15, 0.2) is 5.96 Å². The van der Waals surface area contributed by atoms with Crippen LogP contribution in [0.25, 0.3) is 0 Å². The highest BCUT2D eigenvalue weighted by Crippen LogP contribution is 2.21. The van der Waals surface area contributed by atoms with E-state index in [9.17, 15) is 9.59 Å². The van der Waals surface area contributed by atoms with E-state index in [2.05, 4.69) is 21.7 Å². The highest BCUT2D eigenvalue weighted by atomic mass is 16.4. The number of aliphatic carboxylic acids is 1. The highest BCUT2D eigenvalue weighted by Gasteiger charge is 2.12. The van der Waals surface area contributed by atoms with Gasteiger partial charge in [-0.1, -0.05) is 35.9 Å². The summed E-state index contributed by atoms with van der Waals surface area (Å²) in [6.45, 7) is 3.86. The van der Waals surface area contributed by atoms with E-state index in [-0.39, 0.29) is 5.96 Å². The molecule has 0 saturated carbocycles. The molecule has 5 N–H and O–H groups in total. The monoisotopic (exact) mass is 354 g/mol. The number of aliphatic imine (C=N–C) groups is 1. The van der Waals surface area contributed by atoms with Gasteiger partial charge in [-0.3, -0.25) is 9.59 Å². The fraction of sp³-hybridized carbons (Fsp3) is 0.211. The minimum atomic E-state index is -1.10. The van der Waals surface area contributed by atoms with Crippen molar-refractivity contribution in [2.24, 2.45) is 10.7 Å². The molecule has 0 fully saturated rings. The Morgan fingerprint density at radius 3 is 2.54 bits per heavy atom. The fourth-order valence-corrected chi connectivity index (χ4v) is 2.43. The van der Waals surface area contributed by atoms with Crippen LogP contribution >= 0.6 is 0 Å². The van der Waals surface area contributed by atoms with Crippen molar-refractivity contribution in [3.05, 3.63) is 64.7 Å². The normalized spacial score (nSPS) is 11.1. The first-order valence-electron chi connectivity index (χ1n) is 8.10. The number of carbonyl (C=O) groups excluding carboxylic acids is 1. The van der Waals surface area contributed by atoms with E-state index < -0.39 is 18.4 Å². The SMILES string of the molecule is Cc1cccc(CN/C(N)=N/c2cccc(C(=O)NCC(=O)O)c2C)c1. The Bertz CT molecular complexity index is 846. The molecule has 0 aliphatic heterocycles. The summed E-state index contributed by atoms with van der Waals surface area (Å²) < 4.78 is 0. The summed E-state index contributed by atoms with van der Waals surface area (Å²) in [5.74, 6) is -1.33. The summed E-state index contributed by atoms with van der Waals surface area (Å²) in [4.78, 5) is 27.0. The number of nitrogens with two attached hydrogens (primary N) is 1. The van der Waals surface area contributed by atoms with Gasteiger partial charge >= 0.3 is 5.97 Å². The second kappa shape index (κ2) is 8.66. The Balaban J connectivity index is 2.10. The molecule has 26 heavy (non-hydrogen) atoms. The zero-order valence-corrected chi connectivity index (χ0v) is 14.7. The van der Waals surface area contributed by atoms with Gasteiger partial charge in [-0.15, -0.1) is 0 Å². The van der Waals surface area contributed by atoms with E-state index >= 15 is 0 Å². The van der Waals surface area contributed by atoms with Gasteiger partial charge in [0.1, 0.15) is 6.54 Å². The molecule has 0 saturated heterocycles. The number of carboxylic acid groups (broad SMARTS) is 1. The zero-order chi connectivity index (χ0) is 19.1. The first kappa shape index (κ1) is 19.0. The van der Waals surface area contributed by atoms with Crippen LogP contribution in [0, 0.1) is 13.8 Å². The lowest BCUT2D eigenvalue weighted by Gasteiger charge is -2.10. The Labute approximate surface area is 151 Å². The van der Waals surface area contributed by atoms with Crippen LogP contribution in [0.15, 0.2) is 47.5 Å².